The highest BCUT2D eigenvalue weighted by molar-refractivity contribution is 7.96. The first-order chi connectivity index (χ1) is 11.9. The lowest BCUT2D eigenvalue weighted by molar-refractivity contribution is -0.115. The van der Waals surface area contributed by atoms with Gasteiger partial charge in [-0.3, -0.25) is 4.79 Å². The molecule has 1 unspecified atom stereocenters. The molecule has 0 radical (unpaired) electrons. The van der Waals surface area contributed by atoms with Crippen molar-refractivity contribution in [1.29, 1.82) is 0 Å². The van der Waals surface area contributed by atoms with Gasteiger partial charge in [-0.15, -0.1) is 0 Å². The van der Waals surface area contributed by atoms with E-state index in [9.17, 15) is 17.6 Å². The van der Waals surface area contributed by atoms with E-state index >= 15 is 0 Å². The predicted octanol–water partition coefficient (Wildman–Crippen LogP) is 4.04. The molecule has 0 fully saturated rings. The minimum absolute atomic E-state index is 0.0893. The van der Waals surface area contributed by atoms with Gasteiger partial charge >= 0.3 is 0 Å². The molecule has 1 aliphatic carbocycles. The summed E-state index contributed by atoms with van der Waals surface area (Å²) in [5, 5.41) is 3.61. The first-order valence-corrected chi connectivity index (χ1v) is 9.56. The normalized spacial score (nSPS) is 21.4. The number of hydrogen-bond acceptors (Lipinski definition) is 4. The number of carbonyl (C=O) groups is 1. The molecule has 2 aliphatic rings. The Labute approximate surface area is 149 Å². The Morgan fingerprint density at radius 1 is 1.08 bits per heavy atom. The van der Waals surface area contributed by atoms with E-state index < -0.39 is 21.4 Å². The zero-order valence-corrected chi connectivity index (χ0v) is 14.5. The van der Waals surface area contributed by atoms with Crippen molar-refractivity contribution < 1.29 is 17.6 Å². The highest BCUT2D eigenvalue weighted by Gasteiger charge is 2.41. The molecule has 128 valence electrons. The van der Waals surface area contributed by atoms with Crippen LogP contribution in [0.15, 0.2) is 58.0 Å². The third-order valence-electron chi connectivity index (χ3n) is 4.54. The maximum absolute atomic E-state index is 13.5. The van der Waals surface area contributed by atoms with Crippen molar-refractivity contribution in [3.8, 4) is 0 Å². The Kier molecular flexibility index (Phi) is 3.70. The standard InChI is InChI=1S/C18H13ClFNO3S/c19-12-3-1-10(2-4-12)11-7-15-18(16(22)8-11)25(23,24)17-9-13(20)5-6-14(17)21-15/h1-6,9,11,21H,7-8H2. The lowest BCUT2D eigenvalue weighted by Gasteiger charge is -2.31. The van der Waals surface area contributed by atoms with E-state index in [0.29, 0.717) is 22.8 Å². The Morgan fingerprint density at radius 2 is 1.80 bits per heavy atom. The minimum atomic E-state index is -4.02. The number of rotatable bonds is 1. The van der Waals surface area contributed by atoms with Crippen LogP contribution >= 0.6 is 11.6 Å². The summed E-state index contributed by atoms with van der Waals surface area (Å²) in [5.74, 6) is -1.24. The monoisotopic (exact) mass is 377 g/mol. The molecule has 0 bridgehead atoms. The first kappa shape index (κ1) is 16.3. The first-order valence-electron chi connectivity index (χ1n) is 7.70. The lowest BCUT2D eigenvalue weighted by Crippen LogP contribution is -2.30. The van der Waals surface area contributed by atoms with Crippen LogP contribution in [-0.2, 0) is 14.6 Å². The van der Waals surface area contributed by atoms with Crippen LogP contribution in [-0.4, -0.2) is 14.2 Å². The van der Waals surface area contributed by atoms with Gasteiger partial charge in [-0.05, 0) is 48.2 Å². The van der Waals surface area contributed by atoms with E-state index in [1.165, 1.54) is 12.1 Å². The molecule has 1 aliphatic heterocycles. The van der Waals surface area contributed by atoms with Crippen molar-refractivity contribution in [2.45, 2.75) is 23.7 Å². The van der Waals surface area contributed by atoms with Crippen LogP contribution in [0.3, 0.4) is 0 Å². The summed E-state index contributed by atoms with van der Waals surface area (Å²) in [6.07, 6.45) is 0.477. The molecule has 1 N–H and O–H groups in total. The molecule has 0 saturated carbocycles. The summed E-state index contributed by atoms with van der Waals surface area (Å²) in [5.41, 5.74) is 1.59. The molecular weight excluding hydrogens is 365 g/mol. The maximum atomic E-state index is 13.5. The molecular formula is C18H13ClFNO3S. The zero-order chi connectivity index (χ0) is 17.8. The van der Waals surface area contributed by atoms with Gasteiger partial charge in [-0.1, -0.05) is 23.7 Å². The minimum Gasteiger partial charge on any atom is -0.357 e. The molecule has 2 aromatic rings. The van der Waals surface area contributed by atoms with Crippen LogP contribution in [0.5, 0.6) is 0 Å². The molecule has 0 saturated heterocycles. The molecule has 25 heavy (non-hydrogen) atoms. The van der Waals surface area contributed by atoms with E-state index in [4.69, 9.17) is 11.6 Å². The molecule has 1 heterocycles. The number of benzene rings is 2. The van der Waals surface area contributed by atoms with Gasteiger partial charge in [-0.2, -0.15) is 0 Å². The number of carbonyl (C=O) groups excluding carboxylic acids is 1. The van der Waals surface area contributed by atoms with Crippen molar-refractivity contribution in [1.82, 2.24) is 0 Å². The highest BCUT2D eigenvalue weighted by atomic mass is 35.5. The third-order valence-corrected chi connectivity index (χ3v) is 6.72. The summed E-state index contributed by atoms with van der Waals surface area (Å²) < 4.78 is 39.0. The average Bonchev–Trinajstić information content (AvgIpc) is 2.55. The van der Waals surface area contributed by atoms with Gasteiger partial charge in [-0.25, -0.2) is 12.8 Å². The van der Waals surface area contributed by atoms with Gasteiger partial charge in [0.1, 0.15) is 10.7 Å². The smallest absolute Gasteiger partial charge is 0.213 e. The fourth-order valence-corrected chi connectivity index (χ4v) is 5.24. The Hall–Kier alpha value is -2.18. The predicted molar refractivity (Wildman–Crippen MR) is 92.7 cm³/mol. The Balaban J connectivity index is 1.78. The van der Waals surface area contributed by atoms with Gasteiger partial charge in [0.2, 0.25) is 9.84 Å². The SMILES string of the molecule is O=C1CC(c2ccc(Cl)cc2)CC2=C1S(=O)(=O)c1cc(F)ccc1N2. The number of fused-ring (bicyclic) bond motifs is 1. The quantitative estimate of drug-likeness (QED) is 0.814. The second kappa shape index (κ2) is 5.68. The molecule has 0 amide bonds. The molecule has 7 heteroatoms. The number of halogens is 2. The van der Waals surface area contributed by atoms with Crippen LogP contribution in [0.25, 0.3) is 0 Å². The van der Waals surface area contributed by atoms with Gasteiger partial charge in [0.15, 0.2) is 5.78 Å². The van der Waals surface area contributed by atoms with Crippen LogP contribution in [0.4, 0.5) is 10.1 Å². The van der Waals surface area contributed by atoms with Gasteiger partial charge in [0.05, 0.1) is 10.6 Å². The summed E-state index contributed by atoms with van der Waals surface area (Å²) in [4.78, 5) is 12.2. The summed E-state index contributed by atoms with van der Waals surface area (Å²) >= 11 is 5.90. The van der Waals surface area contributed by atoms with Crippen molar-refractivity contribution in [3.63, 3.8) is 0 Å². The number of allylic oxidation sites excluding steroid dienone is 2. The summed E-state index contributed by atoms with van der Waals surface area (Å²) in [7, 11) is -4.02. The van der Waals surface area contributed by atoms with Crippen molar-refractivity contribution >= 4 is 32.9 Å². The Morgan fingerprint density at radius 3 is 2.52 bits per heavy atom. The fraction of sp³-hybridized carbons (Fsp3) is 0.167. The number of anilines is 1. The number of hydrogen-bond donors (Lipinski definition) is 1. The lowest BCUT2D eigenvalue weighted by atomic mass is 9.85. The molecule has 4 rings (SSSR count). The largest absolute Gasteiger partial charge is 0.357 e. The van der Waals surface area contributed by atoms with Crippen LogP contribution < -0.4 is 5.32 Å². The number of nitrogens with one attached hydrogen (secondary N) is 1. The number of sulfone groups is 1. The van der Waals surface area contributed by atoms with Crippen molar-refractivity contribution in [2.75, 3.05) is 5.32 Å². The molecule has 0 spiro atoms. The molecule has 1 atom stereocenters. The van der Waals surface area contributed by atoms with E-state index in [0.717, 1.165) is 11.6 Å². The van der Waals surface area contributed by atoms with E-state index in [1.54, 1.807) is 12.1 Å². The van der Waals surface area contributed by atoms with Crippen molar-refractivity contribution in [3.05, 3.63) is 69.5 Å². The maximum Gasteiger partial charge on any atom is 0.213 e. The second-order valence-electron chi connectivity index (χ2n) is 6.16. The van der Waals surface area contributed by atoms with Crippen LogP contribution in [0, 0.1) is 5.82 Å². The fourth-order valence-electron chi connectivity index (χ4n) is 3.38. The second-order valence-corrected chi connectivity index (χ2v) is 8.45. The third kappa shape index (κ3) is 2.65. The number of Topliss-reactive ketones (excluding diaryl/α,β-unsaturated/α-hetero) is 1. The van der Waals surface area contributed by atoms with Crippen molar-refractivity contribution in [2.24, 2.45) is 0 Å². The Bertz CT molecular complexity index is 1030. The van der Waals surface area contributed by atoms with Gasteiger partial charge in [0.25, 0.3) is 0 Å². The summed E-state index contributed by atoms with van der Waals surface area (Å²) in [6, 6.07) is 10.7. The van der Waals surface area contributed by atoms with Gasteiger partial charge < -0.3 is 5.32 Å². The molecule has 4 nitrogen and oxygen atoms in total. The van der Waals surface area contributed by atoms with Crippen LogP contribution in [0.1, 0.15) is 24.3 Å². The topological polar surface area (TPSA) is 63.2 Å². The van der Waals surface area contributed by atoms with Crippen LogP contribution in [0.2, 0.25) is 5.02 Å². The van der Waals surface area contributed by atoms with E-state index in [2.05, 4.69) is 5.32 Å². The summed E-state index contributed by atoms with van der Waals surface area (Å²) in [6.45, 7) is 0. The zero-order valence-electron chi connectivity index (χ0n) is 12.9. The molecule has 2 aromatic carbocycles. The molecule has 0 aromatic heterocycles. The van der Waals surface area contributed by atoms with Gasteiger partial charge in [0, 0.05) is 17.1 Å². The van der Waals surface area contributed by atoms with E-state index in [-0.39, 0.29) is 22.1 Å². The number of ketones is 1. The average molecular weight is 378 g/mol. The van der Waals surface area contributed by atoms with E-state index in [1.807, 2.05) is 12.1 Å². The highest BCUT2D eigenvalue weighted by Crippen LogP contribution is 2.43.